The molecule has 0 saturated heterocycles. The Morgan fingerprint density at radius 1 is 1.14 bits per heavy atom. The van der Waals surface area contributed by atoms with Gasteiger partial charge in [0.05, 0.1) is 16.8 Å². The van der Waals surface area contributed by atoms with Gasteiger partial charge in [0.15, 0.2) is 0 Å². The van der Waals surface area contributed by atoms with Crippen LogP contribution >= 0.6 is 0 Å². The molecule has 2 N–H and O–H groups in total. The highest BCUT2D eigenvalue weighted by Crippen LogP contribution is 2.47. The lowest BCUT2D eigenvalue weighted by atomic mass is 9.75. The summed E-state index contributed by atoms with van der Waals surface area (Å²) in [6, 6.07) is 10.7. The van der Waals surface area contributed by atoms with Gasteiger partial charge in [-0.3, -0.25) is 0 Å². The molecule has 0 fully saturated rings. The summed E-state index contributed by atoms with van der Waals surface area (Å²) in [5.41, 5.74) is 12.8. The van der Waals surface area contributed by atoms with Crippen molar-refractivity contribution in [2.24, 2.45) is 11.7 Å². The first-order chi connectivity index (χ1) is 10.6. The molecule has 3 rings (SSSR count). The molecule has 0 aliphatic heterocycles. The fraction of sp³-hybridized carbons (Fsp3) is 0.263. The Kier molecular flexibility index (Phi) is 3.35. The van der Waals surface area contributed by atoms with Crippen molar-refractivity contribution in [3.63, 3.8) is 0 Å². The Morgan fingerprint density at radius 3 is 2.50 bits per heavy atom. The van der Waals surface area contributed by atoms with Crippen molar-refractivity contribution in [2.75, 3.05) is 0 Å². The van der Waals surface area contributed by atoms with E-state index >= 15 is 0 Å². The molecule has 0 aromatic heterocycles. The molecule has 0 saturated carbocycles. The summed E-state index contributed by atoms with van der Waals surface area (Å²) in [6.07, 6.45) is 3.95. The van der Waals surface area contributed by atoms with Crippen LogP contribution in [0.3, 0.4) is 0 Å². The van der Waals surface area contributed by atoms with Gasteiger partial charge in [-0.1, -0.05) is 29.8 Å². The Labute approximate surface area is 130 Å². The summed E-state index contributed by atoms with van der Waals surface area (Å²) in [4.78, 5) is 0. The molecule has 0 radical (unpaired) electrons. The highest BCUT2D eigenvalue weighted by molar-refractivity contribution is 5.86. The second-order valence-corrected chi connectivity index (χ2v) is 5.91. The Balaban J connectivity index is 2.32. The van der Waals surface area contributed by atoms with Gasteiger partial charge < -0.3 is 5.73 Å². The number of benzene rings is 1. The zero-order valence-electron chi connectivity index (χ0n) is 12.8. The molecule has 1 aromatic rings. The van der Waals surface area contributed by atoms with E-state index in [1.807, 2.05) is 0 Å². The summed E-state index contributed by atoms with van der Waals surface area (Å²) in [5, 5.41) is 19.0. The van der Waals surface area contributed by atoms with Gasteiger partial charge in [0.2, 0.25) is 0 Å². The maximum absolute atomic E-state index is 9.62. The van der Waals surface area contributed by atoms with Crippen LogP contribution in [-0.2, 0) is 0 Å². The van der Waals surface area contributed by atoms with Crippen LogP contribution in [0.15, 0.2) is 46.7 Å². The molecule has 1 unspecified atom stereocenters. The zero-order chi connectivity index (χ0) is 15.9. The van der Waals surface area contributed by atoms with E-state index in [4.69, 9.17) is 5.73 Å². The monoisotopic (exact) mass is 287 g/mol. The lowest BCUT2D eigenvalue weighted by Crippen LogP contribution is -2.19. The number of aryl methyl sites for hydroxylation is 2. The minimum absolute atomic E-state index is 0.109. The summed E-state index contributed by atoms with van der Waals surface area (Å²) in [5.74, 6) is 0.109. The molecule has 1 atom stereocenters. The van der Waals surface area contributed by atoms with E-state index in [0.717, 1.165) is 35.1 Å². The van der Waals surface area contributed by atoms with Crippen molar-refractivity contribution in [3.8, 4) is 12.1 Å². The van der Waals surface area contributed by atoms with Crippen molar-refractivity contribution in [2.45, 2.75) is 26.7 Å². The van der Waals surface area contributed by atoms with Crippen molar-refractivity contribution >= 4 is 5.57 Å². The molecule has 0 heterocycles. The van der Waals surface area contributed by atoms with Crippen LogP contribution in [0, 0.1) is 42.4 Å². The Morgan fingerprint density at radius 2 is 1.86 bits per heavy atom. The van der Waals surface area contributed by atoms with Crippen LogP contribution in [0.4, 0.5) is 0 Å². The van der Waals surface area contributed by atoms with E-state index in [9.17, 15) is 10.5 Å². The third-order valence-corrected chi connectivity index (χ3v) is 4.54. The molecular formula is C19H17N3. The molecule has 0 bridgehead atoms. The summed E-state index contributed by atoms with van der Waals surface area (Å²) in [6.45, 7) is 4.11. The van der Waals surface area contributed by atoms with Crippen LogP contribution in [-0.4, -0.2) is 0 Å². The molecule has 3 nitrogen and oxygen atoms in total. The minimum Gasteiger partial charge on any atom is -0.397 e. The molecule has 108 valence electrons. The lowest BCUT2D eigenvalue weighted by molar-refractivity contribution is 0.755. The van der Waals surface area contributed by atoms with E-state index in [1.54, 1.807) is 0 Å². The van der Waals surface area contributed by atoms with Crippen LogP contribution in [0.1, 0.15) is 29.5 Å². The first-order valence-corrected chi connectivity index (χ1v) is 7.41. The zero-order valence-corrected chi connectivity index (χ0v) is 12.8. The second-order valence-electron chi connectivity index (χ2n) is 5.91. The number of rotatable bonds is 1. The average molecular weight is 287 g/mol. The maximum Gasteiger partial charge on any atom is 0.102 e. The third-order valence-electron chi connectivity index (χ3n) is 4.54. The average Bonchev–Trinajstić information content (AvgIpc) is 2.95. The highest BCUT2D eigenvalue weighted by atomic mass is 14.6. The fourth-order valence-electron chi connectivity index (χ4n) is 3.56. The van der Waals surface area contributed by atoms with Crippen LogP contribution in [0.5, 0.6) is 0 Å². The second kappa shape index (κ2) is 5.20. The van der Waals surface area contributed by atoms with Crippen LogP contribution in [0.25, 0.3) is 5.57 Å². The van der Waals surface area contributed by atoms with Gasteiger partial charge >= 0.3 is 0 Å². The maximum atomic E-state index is 9.62. The number of nitriles is 2. The van der Waals surface area contributed by atoms with Gasteiger partial charge in [-0.2, -0.15) is 10.5 Å². The molecule has 22 heavy (non-hydrogen) atoms. The van der Waals surface area contributed by atoms with Crippen molar-refractivity contribution in [3.05, 3.63) is 63.4 Å². The Hall–Kier alpha value is -2.78. The molecule has 3 heteroatoms. The van der Waals surface area contributed by atoms with E-state index in [1.165, 1.54) is 5.56 Å². The normalized spacial score (nSPS) is 20.4. The number of fused-ring (bicyclic) bond motifs is 1. The van der Waals surface area contributed by atoms with Gasteiger partial charge in [-0.25, -0.2) is 0 Å². The topological polar surface area (TPSA) is 73.6 Å². The van der Waals surface area contributed by atoms with Gasteiger partial charge in [-0.05, 0) is 49.0 Å². The predicted molar refractivity (Wildman–Crippen MR) is 86.1 cm³/mol. The standard InChI is InChI=1S/C19H17N3/c1-11-6-7-13(12(2)8-11)18-15-5-3-4-14(15)16(9-20)19(22)17(18)10-21/h4,6-8,15H,3,5,22H2,1-2H3. The first-order valence-electron chi connectivity index (χ1n) is 7.41. The van der Waals surface area contributed by atoms with Crippen molar-refractivity contribution in [1.29, 1.82) is 10.5 Å². The minimum atomic E-state index is 0.109. The number of nitrogens with zero attached hydrogens (tertiary/aromatic N) is 2. The molecule has 0 spiro atoms. The number of hydrogen-bond donors (Lipinski definition) is 1. The lowest BCUT2D eigenvalue weighted by Gasteiger charge is -2.27. The van der Waals surface area contributed by atoms with E-state index in [-0.39, 0.29) is 5.92 Å². The fourth-order valence-corrected chi connectivity index (χ4v) is 3.56. The predicted octanol–water partition coefficient (Wildman–Crippen LogP) is 3.67. The van der Waals surface area contributed by atoms with Crippen LogP contribution in [0.2, 0.25) is 0 Å². The summed E-state index contributed by atoms with van der Waals surface area (Å²) < 4.78 is 0. The van der Waals surface area contributed by atoms with Crippen molar-refractivity contribution in [1.82, 2.24) is 0 Å². The number of nitrogens with two attached hydrogens (primary N) is 1. The molecule has 1 aromatic carbocycles. The highest BCUT2D eigenvalue weighted by Gasteiger charge is 2.35. The largest absolute Gasteiger partial charge is 0.397 e. The number of allylic oxidation sites excluding steroid dienone is 5. The van der Waals surface area contributed by atoms with E-state index < -0.39 is 0 Å². The first kappa shape index (κ1) is 14.2. The van der Waals surface area contributed by atoms with E-state index in [2.05, 4.69) is 50.3 Å². The molecule has 2 aliphatic carbocycles. The van der Waals surface area contributed by atoms with Crippen LogP contribution < -0.4 is 5.73 Å². The molecule has 2 aliphatic rings. The summed E-state index contributed by atoms with van der Waals surface area (Å²) in [7, 11) is 0. The van der Waals surface area contributed by atoms with Crippen molar-refractivity contribution < 1.29 is 0 Å². The third kappa shape index (κ3) is 1.95. The Bertz CT molecular complexity index is 838. The SMILES string of the molecule is Cc1ccc(C2=C(C#N)C(N)=C(C#N)C3=CCCC32)c(C)c1. The van der Waals surface area contributed by atoms with Gasteiger partial charge in [-0.15, -0.1) is 0 Å². The van der Waals surface area contributed by atoms with Gasteiger partial charge in [0, 0.05) is 5.92 Å². The quantitative estimate of drug-likeness (QED) is 0.856. The van der Waals surface area contributed by atoms with Gasteiger partial charge in [0.1, 0.15) is 12.1 Å². The molecular weight excluding hydrogens is 270 g/mol. The van der Waals surface area contributed by atoms with Gasteiger partial charge in [0.25, 0.3) is 0 Å². The molecule has 0 amide bonds. The summed E-state index contributed by atoms with van der Waals surface area (Å²) >= 11 is 0. The van der Waals surface area contributed by atoms with E-state index in [0.29, 0.717) is 16.8 Å². The number of hydrogen-bond acceptors (Lipinski definition) is 3. The smallest absolute Gasteiger partial charge is 0.102 e.